The Labute approximate surface area is 336 Å². The van der Waals surface area contributed by atoms with Crippen molar-refractivity contribution in [1.82, 2.24) is 9.13 Å². The van der Waals surface area contributed by atoms with E-state index < -0.39 is 29.4 Å². The van der Waals surface area contributed by atoms with Crippen molar-refractivity contribution in [3.8, 4) is 0 Å². The number of aryl methyl sites for hydroxylation is 1. The number of benzene rings is 4. The molecule has 6 rings (SSSR count). The van der Waals surface area contributed by atoms with Gasteiger partial charge >= 0.3 is 11.9 Å². The topological polar surface area (TPSA) is 183 Å². The van der Waals surface area contributed by atoms with E-state index in [1.54, 1.807) is 12.1 Å². The zero-order chi connectivity index (χ0) is 41.9. The predicted octanol–water partition coefficient (Wildman–Crippen LogP) is 6.13. The largest absolute Gasteiger partial charge is 0.469 e. The summed E-state index contributed by atoms with van der Waals surface area (Å²) in [6, 6.07) is 31.0. The summed E-state index contributed by atoms with van der Waals surface area (Å²) in [5.41, 5.74) is 18.1. The van der Waals surface area contributed by atoms with Gasteiger partial charge in [0, 0.05) is 58.8 Å². The Kier molecular flexibility index (Phi) is 13.9. The fourth-order valence-electron chi connectivity index (χ4n) is 7.28. The molecule has 0 radical (unpaired) electrons. The monoisotopic (exact) mass is 782 g/mol. The minimum Gasteiger partial charge on any atom is -0.469 e. The van der Waals surface area contributed by atoms with Gasteiger partial charge in [0.25, 0.3) is 23.4 Å². The number of methoxy groups -OCH3 is 2. The maximum Gasteiger partial charge on any atom is 0.330 e. The number of fused-ring (bicyclic) bond motifs is 2. The molecule has 0 saturated carbocycles. The van der Waals surface area contributed by atoms with Gasteiger partial charge in [-0.3, -0.25) is 24.0 Å². The second-order valence-corrected chi connectivity index (χ2v) is 13.4. The van der Waals surface area contributed by atoms with E-state index in [1.165, 1.54) is 20.3 Å². The van der Waals surface area contributed by atoms with Crippen LogP contribution in [-0.4, -0.2) is 58.7 Å². The van der Waals surface area contributed by atoms with Crippen molar-refractivity contribution in [2.24, 2.45) is 11.5 Å². The Hall–Kier alpha value is -7.08. The maximum atomic E-state index is 12.8. The van der Waals surface area contributed by atoms with Crippen molar-refractivity contribution in [2.45, 2.75) is 52.6 Å². The zero-order valence-electron chi connectivity index (χ0n) is 33.0. The van der Waals surface area contributed by atoms with E-state index >= 15 is 0 Å². The van der Waals surface area contributed by atoms with Gasteiger partial charge in [-0.15, -0.1) is 0 Å². The number of nitrogens with zero attached hydrogens (tertiary/aromatic N) is 2. The number of rotatable bonds is 15. The Morgan fingerprint density at radius 2 is 1.09 bits per heavy atom. The first-order valence-corrected chi connectivity index (χ1v) is 18.8. The molecule has 0 bridgehead atoms. The lowest BCUT2D eigenvalue weighted by molar-refractivity contribution is -0.140. The third-order valence-electron chi connectivity index (χ3n) is 9.88. The highest BCUT2D eigenvalue weighted by atomic mass is 16.5. The summed E-state index contributed by atoms with van der Waals surface area (Å²) in [7, 11) is 2.64. The predicted molar refractivity (Wildman–Crippen MR) is 222 cm³/mol. The van der Waals surface area contributed by atoms with Crippen molar-refractivity contribution < 1.29 is 38.2 Å². The van der Waals surface area contributed by atoms with Crippen LogP contribution in [0.25, 0.3) is 27.9 Å². The summed E-state index contributed by atoms with van der Waals surface area (Å²) in [5.74, 6) is -4.28. The number of primary amides is 2. The van der Waals surface area contributed by atoms with Crippen LogP contribution in [0.15, 0.2) is 103 Å². The number of nitrogens with two attached hydrogens (primary N) is 2. The lowest BCUT2D eigenvalue weighted by atomic mass is 9.98. The Morgan fingerprint density at radius 3 is 1.55 bits per heavy atom. The number of Topliss-reactive ketones (excluding diaryl/α,β-unsaturated/α-hetero) is 2. The fourth-order valence-corrected chi connectivity index (χ4v) is 7.28. The first-order chi connectivity index (χ1) is 27.9. The number of ether oxygens (including phenoxy) is 2. The third-order valence-corrected chi connectivity index (χ3v) is 9.88. The van der Waals surface area contributed by atoms with E-state index in [-0.39, 0.29) is 18.0 Å². The van der Waals surface area contributed by atoms with Crippen LogP contribution in [0.5, 0.6) is 0 Å². The molecule has 0 spiro atoms. The van der Waals surface area contributed by atoms with E-state index in [0.29, 0.717) is 54.3 Å². The van der Waals surface area contributed by atoms with Crippen LogP contribution in [0.1, 0.15) is 74.6 Å². The molecule has 298 valence electrons. The highest BCUT2D eigenvalue weighted by Crippen LogP contribution is 2.33. The van der Waals surface area contributed by atoms with Gasteiger partial charge in [0.05, 0.1) is 25.3 Å². The number of amides is 2. The molecular formula is C46H46N4O8. The Bertz CT molecular complexity index is 2530. The number of ketones is 2. The normalized spacial score (nSPS) is 11.0. The quantitative estimate of drug-likeness (QED) is 0.0540. The van der Waals surface area contributed by atoms with Crippen LogP contribution >= 0.6 is 0 Å². The lowest BCUT2D eigenvalue weighted by Crippen LogP contribution is -2.24. The molecule has 2 aromatic heterocycles. The van der Waals surface area contributed by atoms with Gasteiger partial charge in [-0.1, -0.05) is 98.8 Å². The van der Waals surface area contributed by atoms with Crippen LogP contribution in [0.4, 0.5) is 0 Å². The summed E-state index contributed by atoms with van der Waals surface area (Å²) in [6.07, 6.45) is 4.56. The van der Waals surface area contributed by atoms with E-state index in [0.717, 1.165) is 39.1 Å². The minimum absolute atomic E-state index is 0.186. The van der Waals surface area contributed by atoms with E-state index in [4.69, 9.17) is 16.2 Å². The summed E-state index contributed by atoms with van der Waals surface area (Å²) >= 11 is 0. The molecule has 2 amide bonds. The summed E-state index contributed by atoms with van der Waals surface area (Å²) in [4.78, 5) is 72.3. The van der Waals surface area contributed by atoms with E-state index in [9.17, 15) is 28.8 Å². The average molecular weight is 783 g/mol. The maximum absolute atomic E-state index is 12.8. The Morgan fingerprint density at radius 1 is 0.603 bits per heavy atom. The fraction of sp³-hybridized carbons (Fsp3) is 0.217. The number of carbonyl (C=O) groups is 6. The highest BCUT2D eigenvalue weighted by Gasteiger charge is 2.28. The molecule has 0 atom stereocenters. The number of hydrogen-bond donors (Lipinski definition) is 2. The smallest absolute Gasteiger partial charge is 0.330 e. The third kappa shape index (κ3) is 9.13. The summed E-state index contributed by atoms with van der Waals surface area (Å²) in [5, 5.41) is 1.29. The van der Waals surface area contributed by atoms with Crippen LogP contribution < -0.4 is 11.5 Å². The highest BCUT2D eigenvalue weighted by molar-refractivity contribution is 6.45. The molecule has 0 aliphatic carbocycles. The van der Waals surface area contributed by atoms with E-state index in [1.807, 2.05) is 109 Å². The first kappa shape index (κ1) is 42.1. The van der Waals surface area contributed by atoms with Crippen molar-refractivity contribution in [2.75, 3.05) is 14.2 Å². The van der Waals surface area contributed by atoms with Crippen molar-refractivity contribution >= 4 is 63.2 Å². The van der Waals surface area contributed by atoms with Gasteiger partial charge in [-0.05, 0) is 59.7 Å². The second kappa shape index (κ2) is 19.2. The first-order valence-electron chi connectivity index (χ1n) is 18.8. The molecular weight excluding hydrogens is 737 g/mol. The van der Waals surface area contributed by atoms with Crippen molar-refractivity contribution in [3.63, 3.8) is 0 Å². The van der Waals surface area contributed by atoms with Crippen LogP contribution in [0.2, 0.25) is 0 Å². The second-order valence-electron chi connectivity index (χ2n) is 13.4. The molecule has 4 N–H and O–H groups in total. The van der Waals surface area contributed by atoms with Crippen molar-refractivity contribution in [3.05, 3.63) is 148 Å². The summed E-state index contributed by atoms with van der Waals surface area (Å²) in [6.45, 7) is 4.97. The molecule has 58 heavy (non-hydrogen) atoms. The number of carbonyl (C=O) groups excluding carboxylic acids is 6. The molecule has 12 nitrogen and oxygen atoms in total. The molecule has 2 heterocycles. The average Bonchev–Trinajstić information content (AvgIpc) is 3.74. The van der Waals surface area contributed by atoms with E-state index in [2.05, 4.69) is 9.30 Å². The molecule has 0 aliphatic rings. The molecule has 0 saturated heterocycles. The minimum atomic E-state index is -1.01. The number of esters is 2. The molecule has 0 aliphatic heterocycles. The Balaban J connectivity index is 0.000000221. The van der Waals surface area contributed by atoms with Gasteiger partial charge in [-0.2, -0.15) is 0 Å². The zero-order valence-corrected chi connectivity index (χ0v) is 33.0. The number of aromatic nitrogens is 2. The molecule has 6 aromatic rings. The SMILES string of the molecule is CCc1c(C(=O)C(N)=O)c2c(/C=C/C(=O)OC)cccc2n1Cc1ccccc1.CCc1c(C(=O)C(N)=O)c2c(CCC(=O)OC)cccc2n1Cc1ccccc1. The summed E-state index contributed by atoms with van der Waals surface area (Å²) < 4.78 is 13.5. The molecule has 0 fully saturated rings. The van der Waals surface area contributed by atoms with Crippen LogP contribution in [-0.2, 0) is 61.0 Å². The van der Waals surface area contributed by atoms with Gasteiger partial charge < -0.3 is 30.1 Å². The number of hydrogen-bond acceptors (Lipinski definition) is 8. The molecule has 12 heteroatoms. The van der Waals surface area contributed by atoms with Crippen molar-refractivity contribution in [1.29, 1.82) is 0 Å². The van der Waals surface area contributed by atoms with Gasteiger partial charge in [0.15, 0.2) is 0 Å². The lowest BCUT2D eigenvalue weighted by Gasteiger charge is -2.11. The molecule has 0 unspecified atom stereocenters. The molecule has 4 aromatic carbocycles. The van der Waals surface area contributed by atoms with Gasteiger partial charge in [0.2, 0.25) is 0 Å². The van der Waals surface area contributed by atoms with Crippen LogP contribution in [0.3, 0.4) is 0 Å². The standard InChI is InChI=1S/C23H24N2O4.C23H22N2O4/c2*1-3-17-21(22(27)23(24)28)20-16(12-13-19(26)29-2)10-7-11-18(20)25(17)14-15-8-5-4-6-9-15/h4-11H,3,12-14H2,1-2H3,(H2,24,28);4-13H,3,14H2,1-2H3,(H2,24,28)/b;13-12+. The van der Waals surface area contributed by atoms with Gasteiger partial charge in [-0.25, -0.2) is 4.79 Å². The van der Waals surface area contributed by atoms with Gasteiger partial charge in [0.1, 0.15) is 0 Å². The van der Waals surface area contributed by atoms with Crippen LogP contribution in [0, 0.1) is 0 Å².